The minimum Gasteiger partial charge on any atom is -0.406 e. The molecular weight excluding hydrogens is 297 g/mol. The topological polar surface area (TPSA) is 70.3 Å². The maximum atomic E-state index is 12.0. The number of halogens is 3. The zero-order valence-electron chi connectivity index (χ0n) is 11.0. The first kappa shape index (κ1) is 15.3. The van der Waals surface area contributed by atoms with Gasteiger partial charge in [-0.15, -0.1) is 13.2 Å². The van der Waals surface area contributed by atoms with Crippen LogP contribution in [0.5, 0.6) is 5.75 Å². The number of aromatic nitrogens is 1. The maximum absolute atomic E-state index is 12.0. The number of nitrogens with zero attached hydrogens (tertiary/aromatic N) is 3. The van der Waals surface area contributed by atoms with E-state index in [0.29, 0.717) is 11.4 Å². The molecule has 8 heteroatoms. The molecule has 1 aromatic heterocycles. The monoisotopic (exact) mass is 306 g/mol. The molecule has 1 heterocycles. The third kappa shape index (κ3) is 4.49. The fourth-order valence-electron chi connectivity index (χ4n) is 1.49. The molecule has 0 unspecified atom stereocenters. The number of anilines is 1. The van der Waals surface area contributed by atoms with Crippen LogP contribution < -0.4 is 10.2 Å². The van der Waals surface area contributed by atoms with Crippen LogP contribution >= 0.6 is 0 Å². The number of ether oxygens (including phenoxy) is 1. The van der Waals surface area contributed by atoms with E-state index in [2.05, 4.69) is 20.2 Å². The van der Waals surface area contributed by atoms with E-state index in [0.717, 1.165) is 12.1 Å². The van der Waals surface area contributed by atoms with E-state index in [-0.39, 0.29) is 11.5 Å². The van der Waals surface area contributed by atoms with Crippen molar-refractivity contribution in [2.24, 2.45) is 5.10 Å². The number of hydrogen-bond donors (Lipinski definition) is 1. The van der Waals surface area contributed by atoms with Crippen LogP contribution in [0.25, 0.3) is 0 Å². The molecule has 1 N–H and O–H groups in total. The lowest BCUT2D eigenvalue weighted by Crippen LogP contribution is -2.16. The van der Waals surface area contributed by atoms with Crippen molar-refractivity contribution >= 4 is 11.4 Å². The molecule has 0 aliphatic rings. The van der Waals surface area contributed by atoms with Gasteiger partial charge < -0.3 is 4.74 Å². The van der Waals surface area contributed by atoms with Crippen molar-refractivity contribution in [1.82, 2.24) is 4.98 Å². The van der Waals surface area contributed by atoms with Gasteiger partial charge in [-0.1, -0.05) is 6.07 Å². The van der Waals surface area contributed by atoms with Gasteiger partial charge >= 0.3 is 6.36 Å². The molecule has 0 fully saturated rings. The molecule has 0 bridgehead atoms. The summed E-state index contributed by atoms with van der Waals surface area (Å²) < 4.78 is 39.8. The number of nitriles is 1. The summed E-state index contributed by atoms with van der Waals surface area (Å²) >= 11 is 0. The average molecular weight is 306 g/mol. The van der Waals surface area contributed by atoms with E-state index in [1.165, 1.54) is 18.3 Å². The Labute approximate surface area is 123 Å². The van der Waals surface area contributed by atoms with Crippen LogP contribution in [-0.2, 0) is 0 Å². The summed E-state index contributed by atoms with van der Waals surface area (Å²) in [6.45, 7) is 0. The highest BCUT2D eigenvalue weighted by molar-refractivity contribution is 6.10. The number of rotatable bonds is 4. The SMILES string of the molecule is N#C/C(=N/Nc1ccc(OC(F)(F)F)cc1)c1ccccn1. The second-order valence-corrected chi connectivity index (χ2v) is 3.97. The van der Waals surface area contributed by atoms with Crippen molar-refractivity contribution in [2.45, 2.75) is 6.36 Å². The van der Waals surface area contributed by atoms with Crippen LogP contribution in [0.4, 0.5) is 18.9 Å². The molecule has 2 rings (SSSR count). The van der Waals surface area contributed by atoms with Crippen molar-refractivity contribution in [1.29, 1.82) is 5.26 Å². The lowest BCUT2D eigenvalue weighted by molar-refractivity contribution is -0.274. The number of alkyl halides is 3. The third-order valence-corrected chi connectivity index (χ3v) is 2.40. The largest absolute Gasteiger partial charge is 0.573 e. The van der Waals surface area contributed by atoms with Crippen LogP contribution in [0.15, 0.2) is 53.8 Å². The number of nitrogens with one attached hydrogen (secondary N) is 1. The molecule has 22 heavy (non-hydrogen) atoms. The molecule has 0 amide bonds. The molecule has 112 valence electrons. The molecular formula is C14H9F3N4O. The quantitative estimate of drug-likeness (QED) is 0.695. The molecule has 0 atom stereocenters. The van der Waals surface area contributed by atoms with E-state index in [9.17, 15) is 13.2 Å². The first-order valence-corrected chi connectivity index (χ1v) is 5.99. The van der Waals surface area contributed by atoms with E-state index in [1.807, 2.05) is 6.07 Å². The van der Waals surface area contributed by atoms with Gasteiger partial charge in [0.1, 0.15) is 17.5 Å². The standard InChI is InChI=1S/C14H9F3N4O/c15-14(16,17)22-11-6-4-10(5-7-11)20-21-13(9-18)12-3-1-2-8-19-12/h1-8,20H/b21-13-. The summed E-state index contributed by atoms with van der Waals surface area (Å²) in [6, 6.07) is 11.9. The average Bonchev–Trinajstić information content (AvgIpc) is 2.49. The number of hydrazone groups is 1. The lowest BCUT2D eigenvalue weighted by Gasteiger charge is -2.09. The highest BCUT2D eigenvalue weighted by Crippen LogP contribution is 2.23. The van der Waals surface area contributed by atoms with Crippen molar-refractivity contribution in [2.75, 3.05) is 5.43 Å². The number of hydrogen-bond acceptors (Lipinski definition) is 5. The Balaban J connectivity index is 2.08. The van der Waals surface area contributed by atoms with Crippen molar-refractivity contribution < 1.29 is 17.9 Å². The van der Waals surface area contributed by atoms with Gasteiger partial charge in [0.25, 0.3) is 0 Å². The van der Waals surface area contributed by atoms with Crippen LogP contribution in [0.2, 0.25) is 0 Å². The van der Waals surface area contributed by atoms with Crippen molar-refractivity contribution in [3.05, 3.63) is 54.4 Å². The molecule has 0 aliphatic heterocycles. The minimum atomic E-state index is -4.74. The zero-order chi connectivity index (χ0) is 16.0. The van der Waals surface area contributed by atoms with Crippen LogP contribution in [-0.4, -0.2) is 17.1 Å². The second-order valence-electron chi connectivity index (χ2n) is 3.97. The minimum absolute atomic E-state index is 0.0521. The van der Waals surface area contributed by atoms with Gasteiger partial charge in [0.15, 0.2) is 5.71 Å². The molecule has 2 aromatic rings. The predicted octanol–water partition coefficient (Wildman–Crippen LogP) is 3.32. The highest BCUT2D eigenvalue weighted by Gasteiger charge is 2.30. The highest BCUT2D eigenvalue weighted by atomic mass is 19.4. The summed E-state index contributed by atoms with van der Waals surface area (Å²) in [4.78, 5) is 3.98. The molecule has 0 saturated carbocycles. The fourth-order valence-corrected chi connectivity index (χ4v) is 1.49. The third-order valence-electron chi connectivity index (χ3n) is 2.40. The fraction of sp³-hybridized carbons (Fsp3) is 0.0714. The summed E-state index contributed by atoms with van der Waals surface area (Å²) in [5, 5.41) is 12.9. The van der Waals surface area contributed by atoms with E-state index >= 15 is 0 Å². The zero-order valence-corrected chi connectivity index (χ0v) is 11.0. The molecule has 1 aromatic carbocycles. The van der Waals surface area contributed by atoms with Gasteiger partial charge in [0, 0.05) is 6.20 Å². The Hall–Kier alpha value is -3.08. The van der Waals surface area contributed by atoms with E-state index in [4.69, 9.17) is 5.26 Å². The maximum Gasteiger partial charge on any atom is 0.573 e. The first-order chi connectivity index (χ1) is 10.5. The normalized spacial score (nSPS) is 11.6. The Bertz CT molecular complexity index is 691. The van der Waals surface area contributed by atoms with Crippen molar-refractivity contribution in [3.8, 4) is 11.8 Å². The Morgan fingerprint density at radius 1 is 1.18 bits per heavy atom. The molecule has 5 nitrogen and oxygen atoms in total. The smallest absolute Gasteiger partial charge is 0.406 e. The van der Waals surface area contributed by atoms with Gasteiger partial charge in [-0.05, 0) is 36.4 Å². The van der Waals surface area contributed by atoms with Gasteiger partial charge in [-0.25, -0.2) is 0 Å². The predicted molar refractivity (Wildman–Crippen MR) is 73.1 cm³/mol. The second kappa shape index (κ2) is 6.58. The Kier molecular flexibility index (Phi) is 4.58. The van der Waals surface area contributed by atoms with Gasteiger partial charge in [-0.3, -0.25) is 10.4 Å². The molecule has 0 aliphatic carbocycles. The molecule has 0 spiro atoms. The summed E-state index contributed by atoms with van der Waals surface area (Å²) in [5.74, 6) is -0.340. The van der Waals surface area contributed by atoms with Crippen molar-refractivity contribution in [3.63, 3.8) is 0 Å². The van der Waals surface area contributed by atoms with Crippen LogP contribution in [0.1, 0.15) is 5.69 Å². The van der Waals surface area contributed by atoms with Gasteiger partial charge in [0.2, 0.25) is 0 Å². The summed E-state index contributed by atoms with van der Waals surface area (Å²) in [7, 11) is 0. The van der Waals surface area contributed by atoms with Crippen LogP contribution in [0, 0.1) is 11.3 Å². The lowest BCUT2D eigenvalue weighted by atomic mass is 10.2. The van der Waals surface area contributed by atoms with Gasteiger partial charge in [-0.2, -0.15) is 10.4 Å². The molecule has 0 radical (unpaired) electrons. The Morgan fingerprint density at radius 2 is 1.91 bits per heavy atom. The van der Waals surface area contributed by atoms with E-state index in [1.54, 1.807) is 18.2 Å². The Morgan fingerprint density at radius 3 is 2.45 bits per heavy atom. The van der Waals surface area contributed by atoms with Gasteiger partial charge in [0.05, 0.1) is 5.69 Å². The summed E-state index contributed by atoms with van der Waals surface area (Å²) in [6.07, 6.45) is -3.22. The van der Waals surface area contributed by atoms with Crippen LogP contribution in [0.3, 0.4) is 0 Å². The first-order valence-electron chi connectivity index (χ1n) is 5.99. The molecule has 0 saturated heterocycles. The number of benzene rings is 1. The number of pyridine rings is 1. The van der Waals surface area contributed by atoms with E-state index < -0.39 is 6.36 Å². The summed E-state index contributed by atoms with van der Waals surface area (Å²) in [5.41, 5.74) is 3.41.